The van der Waals surface area contributed by atoms with E-state index in [4.69, 9.17) is 9.52 Å². The Morgan fingerprint density at radius 2 is 2.11 bits per heavy atom. The summed E-state index contributed by atoms with van der Waals surface area (Å²) in [6.45, 7) is 4.06. The Labute approximate surface area is 107 Å². The minimum atomic E-state index is -0.815. The molecule has 1 aromatic rings. The van der Waals surface area contributed by atoms with Crippen LogP contribution in [0.2, 0.25) is 0 Å². The molecule has 0 aromatic carbocycles. The molecule has 0 radical (unpaired) electrons. The maximum Gasteiger partial charge on any atom is 0.331 e. The maximum atomic E-state index is 11.1. The van der Waals surface area contributed by atoms with Crippen LogP contribution in [0.4, 0.5) is 0 Å². The number of aryl methyl sites for hydroxylation is 1. The van der Waals surface area contributed by atoms with Crippen LogP contribution in [0.1, 0.15) is 36.7 Å². The van der Waals surface area contributed by atoms with Gasteiger partial charge in [-0.05, 0) is 38.7 Å². The quantitative estimate of drug-likeness (QED) is 0.772. The molecular weight excluding hydrogens is 228 g/mol. The van der Waals surface area contributed by atoms with E-state index in [0.717, 1.165) is 29.7 Å². The molecule has 1 aliphatic rings. The van der Waals surface area contributed by atoms with E-state index in [9.17, 15) is 4.79 Å². The zero-order valence-electron chi connectivity index (χ0n) is 10.8. The number of hydrogen-bond donors (Lipinski definition) is 1. The highest BCUT2D eigenvalue weighted by molar-refractivity contribution is 5.86. The Kier molecular flexibility index (Phi) is 3.70. The summed E-state index contributed by atoms with van der Waals surface area (Å²) in [7, 11) is 0. The van der Waals surface area contributed by atoms with Crippen LogP contribution in [0.15, 0.2) is 34.0 Å². The average molecular weight is 246 g/mol. The van der Waals surface area contributed by atoms with Crippen molar-refractivity contribution in [2.75, 3.05) is 0 Å². The fourth-order valence-electron chi connectivity index (χ4n) is 2.27. The van der Waals surface area contributed by atoms with E-state index >= 15 is 0 Å². The summed E-state index contributed by atoms with van der Waals surface area (Å²) in [6, 6.07) is 0. The number of fused-ring (bicyclic) bond motifs is 1. The van der Waals surface area contributed by atoms with Gasteiger partial charge in [-0.3, -0.25) is 0 Å². The lowest BCUT2D eigenvalue weighted by Gasteiger charge is -2.07. The summed E-state index contributed by atoms with van der Waals surface area (Å²) in [6.07, 6.45) is 8.51. The average Bonchev–Trinajstić information content (AvgIpc) is 2.65. The summed E-state index contributed by atoms with van der Waals surface area (Å²) in [5.74, 6) is 0.147. The molecule has 0 atom stereocenters. The SMILES string of the molecule is C/C1=C\CC/C(C(=O)O)=C/Cc2c(C)coc2C1. The number of carbonyl (C=O) groups is 1. The fourth-order valence-corrected chi connectivity index (χ4v) is 2.27. The van der Waals surface area contributed by atoms with Gasteiger partial charge in [0.25, 0.3) is 0 Å². The third kappa shape index (κ3) is 2.73. The van der Waals surface area contributed by atoms with E-state index < -0.39 is 5.97 Å². The second kappa shape index (κ2) is 5.25. The van der Waals surface area contributed by atoms with Crippen LogP contribution >= 0.6 is 0 Å². The number of carboxylic acid groups (broad SMARTS) is 1. The molecule has 0 aliphatic heterocycles. The Morgan fingerprint density at radius 3 is 2.83 bits per heavy atom. The molecule has 0 saturated heterocycles. The van der Waals surface area contributed by atoms with Gasteiger partial charge in [-0.1, -0.05) is 17.7 Å². The Morgan fingerprint density at radius 1 is 1.33 bits per heavy atom. The number of rotatable bonds is 1. The monoisotopic (exact) mass is 246 g/mol. The van der Waals surface area contributed by atoms with Gasteiger partial charge < -0.3 is 9.52 Å². The van der Waals surface area contributed by atoms with E-state index in [1.54, 1.807) is 6.26 Å². The van der Waals surface area contributed by atoms with E-state index in [-0.39, 0.29) is 0 Å². The molecule has 0 unspecified atom stereocenters. The Balaban J connectivity index is 2.38. The van der Waals surface area contributed by atoms with Crippen molar-refractivity contribution in [1.29, 1.82) is 0 Å². The Hall–Kier alpha value is -1.77. The first-order valence-electron chi connectivity index (χ1n) is 6.21. The first-order valence-corrected chi connectivity index (χ1v) is 6.21. The molecule has 3 heteroatoms. The van der Waals surface area contributed by atoms with Crippen LogP contribution in [-0.4, -0.2) is 11.1 Å². The van der Waals surface area contributed by atoms with Crippen LogP contribution in [0.5, 0.6) is 0 Å². The highest BCUT2D eigenvalue weighted by Crippen LogP contribution is 2.23. The summed E-state index contributed by atoms with van der Waals surface area (Å²) < 4.78 is 5.57. The summed E-state index contributed by atoms with van der Waals surface area (Å²) in [5, 5.41) is 9.14. The predicted molar refractivity (Wildman–Crippen MR) is 69.6 cm³/mol. The molecule has 0 spiro atoms. The summed E-state index contributed by atoms with van der Waals surface area (Å²) >= 11 is 0. The second-order valence-electron chi connectivity index (χ2n) is 4.83. The van der Waals surface area contributed by atoms with Gasteiger partial charge in [0.05, 0.1) is 6.26 Å². The van der Waals surface area contributed by atoms with Crippen LogP contribution in [-0.2, 0) is 17.6 Å². The third-order valence-corrected chi connectivity index (χ3v) is 3.36. The molecule has 18 heavy (non-hydrogen) atoms. The van der Waals surface area contributed by atoms with E-state index in [2.05, 4.69) is 13.0 Å². The van der Waals surface area contributed by atoms with Crippen LogP contribution in [0.25, 0.3) is 0 Å². The maximum absolute atomic E-state index is 11.1. The third-order valence-electron chi connectivity index (χ3n) is 3.36. The lowest BCUT2D eigenvalue weighted by molar-refractivity contribution is -0.132. The molecular formula is C15H18O3. The highest BCUT2D eigenvalue weighted by Gasteiger charge is 2.14. The molecule has 3 nitrogen and oxygen atoms in total. The lowest BCUT2D eigenvalue weighted by Crippen LogP contribution is -2.03. The number of aliphatic carboxylic acids is 1. The van der Waals surface area contributed by atoms with Crippen molar-refractivity contribution in [1.82, 2.24) is 0 Å². The van der Waals surface area contributed by atoms with Gasteiger partial charge in [0.2, 0.25) is 0 Å². The zero-order valence-corrected chi connectivity index (χ0v) is 10.8. The second-order valence-corrected chi connectivity index (χ2v) is 4.83. The lowest BCUT2D eigenvalue weighted by atomic mass is 9.98. The largest absolute Gasteiger partial charge is 0.478 e. The molecule has 1 aliphatic carbocycles. The van der Waals surface area contributed by atoms with Crippen molar-refractivity contribution in [3.63, 3.8) is 0 Å². The van der Waals surface area contributed by atoms with E-state index in [0.29, 0.717) is 18.4 Å². The van der Waals surface area contributed by atoms with Crippen LogP contribution < -0.4 is 0 Å². The zero-order chi connectivity index (χ0) is 13.1. The summed E-state index contributed by atoms with van der Waals surface area (Å²) in [4.78, 5) is 11.1. The smallest absolute Gasteiger partial charge is 0.331 e. The van der Waals surface area contributed by atoms with Gasteiger partial charge in [-0.25, -0.2) is 4.79 Å². The minimum Gasteiger partial charge on any atom is -0.478 e. The van der Waals surface area contributed by atoms with Crippen LogP contribution in [0.3, 0.4) is 0 Å². The van der Waals surface area contributed by atoms with Gasteiger partial charge in [0.1, 0.15) is 5.76 Å². The van der Waals surface area contributed by atoms with Crippen molar-refractivity contribution < 1.29 is 14.3 Å². The van der Waals surface area contributed by atoms with Gasteiger partial charge in [-0.2, -0.15) is 0 Å². The van der Waals surface area contributed by atoms with Gasteiger partial charge in [-0.15, -0.1) is 0 Å². The van der Waals surface area contributed by atoms with E-state index in [1.165, 1.54) is 5.57 Å². The van der Waals surface area contributed by atoms with Crippen molar-refractivity contribution in [2.45, 2.75) is 39.5 Å². The van der Waals surface area contributed by atoms with Crippen molar-refractivity contribution >= 4 is 5.97 Å². The van der Waals surface area contributed by atoms with Gasteiger partial charge >= 0.3 is 5.97 Å². The van der Waals surface area contributed by atoms with Crippen molar-refractivity contribution in [2.24, 2.45) is 0 Å². The van der Waals surface area contributed by atoms with Crippen molar-refractivity contribution in [3.8, 4) is 0 Å². The molecule has 96 valence electrons. The molecule has 1 heterocycles. The topological polar surface area (TPSA) is 50.4 Å². The number of furan rings is 1. The molecule has 1 N–H and O–H groups in total. The molecule has 0 fully saturated rings. The van der Waals surface area contributed by atoms with E-state index in [1.807, 2.05) is 13.0 Å². The van der Waals surface area contributed by atoms with Gasteiger partial charge in [0, 0.05) is 17.6 Å². The first kappa shape index (κ1) is 12.7. The normalized spacial score (nSPS) is 22.3. The molecule has 2 rings (SSSR count). The van der Waals surface area contributed by atoms with Crippen LogP contribution in [0, 0.1) is 6.92 Å². The molecule has 0 saturated carbocycles. The fraction of sp³-hybridized carbons (Fsp3) is 0.400. The minimum absolute atomic E-state index is 0.493. The Bertz CT molecular complexity index is 518. The highest BCUT2D eigenvalue weighted by atomic mass is 16.4. The molecule has 0 bridgehead atoms. The number of carboxylic acids is 1. The summed E-state index contributed by atoms with van der Waals surface area (Å²) in [5.41, 5.74) is 3.95. The van der Waals surface area contributed by atoms with Gasteiger partial charge in [0.15, 0.2) is 0 Å². The number of hydrogen-bond acceptors (Lipinski definition) is 2. The molecule has 0 amide bonds. The number of allylic oxidation sites excluding steroid dienone is 3. The molecule has 1 aromatic heterocycles. The predicted octanol–water partition coefficient (Wildman–Crippen LogP) is 3.42. The first-order chi connectivity index (χ1) is 8.58. The van der Waals surface area contributed by atoms with Crippen molar-refractivity contribution in [3.05, 3.63) is 46.4 Å². The standard InChI is InChI=1S/C15H18O3/c1-10-4-3-5-12(15(16)17)6-7-13-11(2)9-18-14(13)8-10/h4,6,9H,3,5,7-8H2,1-2H3,(H,16,17)/b10-4+,12-6-.